The van der Waals surface area contributed by atoms with Crippen molar-refractivity contribution in [3.8, 4) is 5.75 Å². The van der Waals surface area contributed by atoms with E-state index in [4.69, 9.17) is 16.3 Å². The zero-order valence-corrected chi connectivity index (χ0v) is 15.1. The second-order valence-electron chi connectivity index (χ2n) is 5.44. The largest absolute Gasteiger partial charge is 0.494 e. The lowest BCUT2D eigenvalue weighted by Crippen LogP contribution is -2.30. The van der Waals surface area contributed by atoms with E-state index in [2.05, 4.69) is 15.9 Å². The number of imide groups is 1. The summed E-state index contributed by atoms with van der Waals surface area (Å²) in [5, 5.41) is 0.632. The van der Waals surface area contributed by atoms with Gasteiger partial charge in [-0.2, -0.15) is 0 Å². The number of fused-ring (bicyclic) bond motifs is 1. The first-order valence-corrected chi connectivity index (χ1v) is 8.78. The number of carbonyl (C=O) groups excluding carboxylic acids is 2. The van der Waals surface area contributed by atoms with Crippen LogP contribution in [0, 0.1) is 0 Å². The molecule has 6 heteroatoms. The van der Waals surface area contributed by atoms with Gasteiger partial charge < -0.3 is 4.74 Å². The van der Waals surface area contributed by atoms with E-state index in [1.165, 1.54) is 4.90 Å². The Hall–Kier alpha value is -1.85. The molecule has 1 aliphatic rings. The summed E-state index contributed by atoms with van der Waals surface area (Å²) < 4.78 is 6.43. The quantitative estimate of drug-likeness (QED) is 0.520. The normalized spacial score (nSPS) is 13.3. The van der Waals surface area contributed by atoms with Gasteiger partial charge in [0.15, 0.2) is 0 Å². The van der Waals surface area contributed by atoms with Crippen molar-refractivity contribution in [3.05, 3.63) is 63.1 Å². The van der Waals surface area contributed by atoms with Crippen molar-refractivity contribution in [2.24, 2.45) is 0 Å². The third-order valence-corrected chi connectivity index (χ3v) is 5.03. The van der Waals surface area contributed by atoms with Gasteiger partial charge in [0.05, 0.1) is 22.8 Å². The molecule has 1 aliphatic heterocycles. The van der Waals surface area contributed by atoms with Crippen LogP contribution in [0.25, 0.3) is 0 Å². The third kappa shape index (κ3) is 3.47. The first kappa shape index (κ1) is 17.0. The Morgan fingerprint density at radius 1 is 1.00 bits per heavy atom. The molecule has 0 N–H and O–H groups in total. The highest BCUT2D eigenvalue weighted by Gasteiger charge is 2.34. The molecular weight excluding hydrogens is 394 g/mol. The summed E-state index contributed by atoms with van der Waals surface area (Å²) in [6, 6.07) is 12.3. The smallest absolute Gasteiger partial charge is 0.261 e. The van der Waals surface area contributed by atoms with Crippen molar-refractivity contribution in [2.75, 3.05) is 13.2 Å². The first-order valence-electron chi connectivity index (χ1n) is 7.61. The van der Waals surface area contributed by atoms with Crippen molar-refractivity contribution in [1.29, 1.82) is 0 Å². The van der Waals surface area contributed by atoms with Crippen LogP contribution in [-0.4, -0.2) is 29.9 Å². The Kier molecular flexibility index (Phi) is 5.21. The first-order chi connectivity index (χ1) is 11.6. The van der Waals surface area contributed by atoms with Gasteiger partial charge in [-0.15, -0.1) is 0 Å². The number of unbranched alkanes of at least 4 members (excludes halogenated alkanes) is 1. The maximum absolute atomic E-state index is 12.2. The minimum atomic E-state index is -0.210. The number of carbonyl (C=O) groups is 2. The number of benzene rings is 2. The summed E-state index contributed by atoms with van der Waals surface area (Å²) in [4.78, 5) is 25.7. The number of hydrogen-bond donors (Lipinski definition) is 0. The molecule has 0 unspecified atom stereocenters. The molecule has 0 bridgehead atoms. The van der Waals surface area contributed by atoms with Crippen LogP contribution in [0.4, 0.5) is 0 Å². The molecule has 124 valence electrons. The molecule has 4 nitrogen and oxygen atoms in total. The second-order valence-corrected chi connectivity index (χ2v) is 6.70. The maximum atomic E-state index is 12.2. The van der Waals surface area contributed by atoms with Crippen LogP contribution in [0.15, 0.2) is 46.9 Å². The highest BCUT2D eigenvalue weighted by molar-refractivity contribution is 9.10. The lowest BCUT2D eigenvalue weighted by Gasteiger charge is -2.13. The van der Waals surface area contributed by atoms with E-state index >= 15 is 0 Å². The highest BCUT2D eigenvalue weighted by Crippen LogP contribution is 2.27. The van der Waals surface area contributed by atoms with Crippen LogP contribution in [0.1, 0.15) is 33.6 Å². The molecule has 24 heavy (non-hydrogen) atoms. The van der Waals surface area contributed by atoms with Gasteiger partial charge in [-0.1, -0.05) is 23.7 Å². The SMILES string of the molecule is O=C1c2ccccc2C(=O)N1CCCCOc1ccc(Cl)c(Br)c1. The van der Waals surface area contributed by atoms with Crippen molar-refractivity contribution in [2.45, 2.75) is 12.8 Å². The van der Waals surface area contributed by atoms with E-state index in [1.807, 2.05) is 6.07 Å². The molecule has 2 aromatic carbocycles. The lowest BCUT2D eigenvalue weighted by molar-refractivity contribution is 0.0649. The van der Waals surface area contributed by atoms with Crippen molar-refractivity contribution in [1.82, 2.24) is 4.90 Å². The Bertz CT molecular complexity index is 759. The van der Waals surface area contributed by atoms with E-state index < -0.39 is 0 Å². The molecule has 0 radical (unpaired) electrons. The number of halogens is 2. The van der Waals surface area contributed by atoms with Crippen LogP contribution in [0.5, 0.6) is 5.75 Å². The van der Waals surface area contributed by atoms with Gasteiger partial charge in [-0.25, -0.2) is 0 Å². The molecule has 2 aromatic rings. The van der Waals surface area contributed by atoms with Crippen LogP contribution >= 0.6 is 27.5 Å². The van der Waals surface area contributed by atoms with E-state index in [0.29, 0.717) is 35.7 Å². The van der Waals surface area contributed by atoms with Crippen LogP contribution in [0.3, 0.4) is 0 Å². The Morgan fingerprint density at radius 2 is 1.67 bits per heavy atom. The molecule has 0 saturated heterocycles. The molecule has 0 saturated carbocycles. The number of nitrogens with zero attached hydrogens (tertiary/aromatic N) is 1. The van der Waals surface area contributed by atoms with Gasteiger partial charge in [-0.05, 0) is 59.1 Å². The van der Waals surface area contributed by atoms with Crippen LogP contribution < -0.4 is 4.74 Å². The Labute approximate surface area is 153 Å². The van der Waals surface area contributed by atoms with E-state index in [1.54, 1.807) is 36.4 Å². The summed E-state index contributed by atoms with van der Waals surface area (Å²) in [6.07, 6.45) is 1.44. The number of hydrogen-bond acceptors (Lipinski definition) is 3. The molecule has 1 heterocycles. The van der Waals surface area contributed by atoms with Gasteiger partial charge in [-0.3, -0.25) is 14.5 Å². The van der Waals surface area contributed by atoms with Gasteiger partial charge in [0.2, 0.25) is 0 Å². The molecule has 0 atom stereocenters. The minimum Gasteiger partial charge on any atom is -0.494 e. The minimum absolute atomic E-state index is 0.210. The van der Waals surface area contributed by atoms with Crippen LogP contribution in [0.2, 0.25) is 5.02 Å². The topological polar surface area (TPSA) is 46.6 Å². The van der Waals surface area contributed by atoms with E-state index in [9.17, 15) is 9.59 Å². The summed E-state index contributed by atoms with van der Waals surface area (Å²) in [5.74, 6) is 0.309. The van der Waals surface area contributed by atoms with E-state index in [-0.39, 0.29) is 11.8 Å². The fourth-order valence-electron chi connectivity index (χ4n) is 2.57. The molecular formula is C18H15BrClNO3. The van der Waals surface area contributed by atoms with E-state index in [0.717, 1.165) is 16.6 Å². The number of rotatable bonds is 6. The zero-order chi connectivity index (χ0) is 17.1. The van der Waals surface area contributed by atoms with Crippen LogP contribution in [-0.2, 0) is 0 Å². The van der Waals surface area contributed by atoms with Gasteiger partial charge in [0, 0.05) is 11.0 Å². The maximum Gasteiger partial charge on any atom is 0.261 e. The molecule has 0 aromatic heterocycles. The zero-order valence-electron chi connectivity index (χ0n) is 12.8. The fourth-order valence-corrected chi connectivity index (χ4v) is 3.05. The standard InChI is InChI=1S/C18H15BrClNO3/c19-15-11-12(7-8-16(15)20)24-10-4-3-9-21-17(22)13-5-1-2-6-14(13)18(21)23/h1-2,5-8,11H,3-4,9-10H2. The molecule has 0 aliphatic carbocycles. The summed E-state index contributed by atoms with van der Waals surface area (Å²) in [5.41, 5.74) is 0.981. The lowest BCUT2D eigenvalue weighted by atomic mass is 10.1. The average Bonchev–Trinajstić information content (AvgIpc) is 2.83. The predicted molar refractivity (Wildman–Crippen MR) is 95.7 cm³/mol. The Morgan fingerprint density at radius 3 is 2.29 bits per heavy atom. The summed E-state index contributed by atoms with van der Waals surface area (Å²) >= 11 is 9.28. The summed E-state index contributed by atoms with van der Waals surface area (Å²) in [6.45, 7) is 0.914. The molecule has 2 amide bonds. The average molecular weight is 409 g/mol. The fraction of sp³-hybridized carbons (Fsp3) is 0.222. The number of ether oxygens (including phenoxy) is 1. The summed E-state index contributed by atoms with van der Waals surface area (Å²) in [7, 11) is 0. The highest BCUT2D eigenvalue weighted by atomic mass is 79.9. The van der Waals surface area contributed by atoms with Crippen molar-refractivity contribution >= 4 is 39.3 Å². The number of amides is 2. The predicted octanol–water partition coefficient (Wildman–Crippen LogP) is 4.56. The third-order valence-electron chi connectivity index (χ3n) is 3.81. The Balaban J connectivity index is 1.47. The second kappa shape index (κ2) is 7.36. The van der Waals surface area contributed by atoms with Crippen molar-refractivity contribution in [3.63, 3.8) is 0 Å². The van der Waals surface area contributed by atoms with Crippen molar-refractivity contribution < 1.29 is 14.3 Å². The monoisotopic (exact) mass is 407 g/mol. The van der Waals surface area contributed by atoms with Gasteiger partial charge in [0.25, 0.3) is 11.8 Å². The van der Waals surface area contributed by atoms with Gasteiger partial charge in [0.1, 0.15) is 5.75 Å². The molecule has 0 fully saturated rings. The molecule has 0 spiro atoms. The van der Waals surface area contributed by atoms with Gasteiger partial charge >= 0.3 is 0 Å². The molecule has 3 rings (SSSR count).